The number of amides is 1. The molecule has 2 heterocycles. The van der Waals surface area contributed by atoms with Crippen LogP contribution in [0.2, 0.25) is 0 Å². The highest BCUT2D eigenvalue weighted by Gasteiger charge is 2.59. The average Bonchev–Trinajstić information content (AvgIpc) is 3.17. The van der Waals surface area contributed by atoms with E-state index in [2.05, 4.69) is 37.1 Å². The molecule has 2 aliphatic heterocycles. The summed E-state index contributed by atoms with van der Waals surface area (Å²) in [6.07, 6.45) is 3.39. The van der Waals surface area contributed by atoms with Gasteiger partial charge in [0.2, 0.25) is 5.91 Å². The molecule has 3 aliphatic rings. The zero-order valence-electron chi connectivity index (χ0n) is 14.9. The monoisotopic (exact) mass is 348 g/mol. The molecule has 132 valence electrons. The average molecular weight is 348 g/mol. The molecular weight excluding hydrogens is 327 g/mol. The van der Waals surface area contributed by atoms with Gasteiger partial charge in [-0.2, -0.15) is 5.01 Å². The standard InChI is InChI=1S/C22H21FN2O/c1-22(2)13-20(26)24-19(10-14-6-4-3-5-7-14)18-12-15-11-16(23)8-9-17(15)21(18)25(22)24/h3-11,18,21H,12-13H2,1-2H3/b19-10+. The largest absolute Gasteiger partial charge is 0.273 e. The number of hydrogen-bond donors (Lipinski definition) is 0. The summed E-state index contributed by atoms with van der Waals surface area (Å²) >= 11 is 0. The Morgan fingerprint density at radius 2 is 1.92 bits per heavy atom. The molecule has 2 aromatic rings. The Labute approximate surface area is 152 Å². The van der Waals surface area contributed by atoms with Crippen LogP contribution in [0.15, 0.2) is 54.2 Å². The minimum Gasteiger partial charge on any atom is -0.273 e. The van der Waals surface area contributed by atoms with Crippen molar-refractivity contribution in [3.8, 4) is 0 Å². The Bertz CT molecular complexity index is 934. The molecule has 0 radical (unpaired) electrons. The minimum atomic E-state index is -0.248. The van der Waals surface area contributed by atoms with Crippen molar-refractivity contribution in [2.45, 2.75) is 38.3 Å². The number of hydrazine groups is 1. The van der Waals surface area contributed by atoms with Crippen LogP contribution in [0.3, 0.4) is 0 Å². The minimum absolute atomic E-state index is 0.0991. The smallest absolute Gasteiger partial charge is 0.243 e. The Morgan fingerprint density at radius 1 is 1.15 bits per heavy atom. The van der Waals surface area contributed by atoms with Crippen molar-refractivity contribution < 1.29 is 9.18 Å². The summed E-state index contributed by atoms with van der Waals surface area (Å²) < 4.78 is 13.8. The van der Waals surface area contributed by atoms with Crippen LogP contribution < -0.4 is 0 Å². The van der Waals surface area contributed by atoms with Gasteiger partial charge in [0.05, 0.1) is 6.04 Å². The van der Waals surface area contributed by atoms with Crippen molar-refractivity contribution in [3.63, 3.8) is 0 Å². The van der Waals surface area contributed by atoms with E-state index < -0.39 is 0 Å². The fraction of sp³-hybridized carbons (Fsp3) is 0.318. The summed E-state index contributed by atoms with van der Waals surface area (Å²) in [4.78, 5) is 12.9. The van der Waals surface area contributed by atoms with E-state index in [0.717, 1.165) is 28.8 Å². The van der Waals surface area contributed by atoms with Crippen LogP contribution in [-0.4, -0.2) is 21.5 Å². The van der Waals surface area contributed by atoms with Gasteiger partial charge in [0.1, 0.15) is 5.82 Å². The summed E-state index contributed by atoms with van der Waals surface area (Å²) in [5, 5.41) is 4.13. The van der Waals surface area contributed by atoms with E-state index in [-0.39, 0.29) is 29.2 Å². The molecule has 26 heavy (non-hydrogen) atoms. The lowest BCUT2D eigenvalue weighted by Gasteiger charge is -2.35. The second-order valence-corrected chi connectivity index (χ2v) is 8.12. The maximum atomic E-state index is 13.8. The third kappa shape index (κ3) is 2.12. The number of halogens is 1. The molecule has 0 saturated carbocycles. The highest BCUT2D eigenvalue weighted by molar-refractivity contribution is 5.83. The van der Waals surface area contributed by atoms with Gasteiger partial charge in [-0.25, -0.2) is 9.40 Å². The maximum Gasteiger partial charge on any atom is 0.243 e. The van der Waals surface area contributed by atoms with Crippen LogP contribution >= 0.6 is 0 Å². The normalized spacial score (nSPS) is 27.7. The van der Waals surface area contributed by atoms with Crippen molar-refractivity contribution >= 4 is 12.0 Å². The number of rotatable bonds is 1. The van der Waals surface area contributed by atoms with Crippen LogP contribution in [0.4, 0.5) is 4.39 Å². The van der Waals surface area contributed by atoms with Gasteiger partial charge in [-0.3, -0.25) is 4.79 Å². The van der Waals surface area contributed by atoms with Crippen molar-refractivity contribution in [1.82, 2.24) is 10.0 Å². The zero-order valence-corrected chi connectivity index (χ0v) is 14.9. The topological polar surface area (TPSA) is 23.6 Å². The maximum absolute atomic E-state index is 13.8. The van der Waals surface area contributed by atoms with E-state index in [1.807, 2.05) is 29.3 Å². The second-order valence-electron chi connectivity index (χ2n) is 8.12. The molecule has 2 fully saturated rings. The van der Waals surface area contributed by atoms with Gasteiger partial charge in [-0.05, 0) is 55.2 Å². The molecule has 5 rings (SSSR count). The van der Waals surface area contributed by atoms with E-state index in [4.69, 9.17) is 0 Å². The number of fused-ring (bicyclic) bond motifs is 5. The Morgan fingerprint density at radius 3 is 2.69 bits per heavy atom. The predicted octanol–water partition coefficient (Wildman–Crippen LogP) is 4.32. The van der Waals surface area contributed by atoms with Crippen LogP contribution in [0.25, 0.3) is 6.08 Å². The molecular formula is C22H21FN2O. The lowest BCUT2D eigenvalue weighted by Crippen LogP contribution is -2.43. The van der Waals surface area contributed by atoms with Crippen molar-refractivity contribution in [2.24, 2.45) is 5.92 Å². The van der Waals surface area contributed by atoms with Crippen molar-refractivity contribution in [3.05, 3.63) is 76.7 Å². The fourth-order valence-corrected chi connectivity index (χ4v) is 4.90. The summed E-state index contributed by atoms with van der Waals surface area (Å²) in [5.74, 6) is 0.136. The molecule has 1 aliphatic carbocycles. The molecule has 0 N–H and O–H groups in total. The second kappa shape index (κ2) is 5.27. The fourth-order valence-electron chi connectivity index (χ4n) is 4.90. The first kappa shape index (κ1) is 15.8. The van der Waals surface area contributed by atoms with Gasteiger partial charge in [-0.1, -0.05) is 36.4 Å². The molecule has 0 spiro atoms. The number of hydrogen-bond acceptors (Lipinski definition) is 2. The Balaban J connectivity index is 1.68. The Hall–Kier alpha value is -2.46. The van der Waals surface area contributed by atoms with Crippen LogP contribution in [0.1, 0.15) is 43.0 Å². The van der Waals surface area contributed by atoms with E-state index in [1.54, 1.807) is 6.07 Å². The molecule has 3 nitrogen and oxygen atoms in total. The van der Waals surface area contributed by atoms with Crippen LogP contribution in [0, 0.1) is 11.7 Å². The van der Waals surface area contributed by atoms with Crippen LogP contribution in [-0.2, 0) is 11.2 Å². The van der Waals surface area contributed by atoms with Gasteiger partial charge in [-0.15, -0.1) is 0 Å². The van der Waals surface area contributed by atoms with Gasteiger partial charge in [0.25, 0.3) is 0 Å². The Kier molecular flexibility index (Phi) is 3.20. The van der Waals surface area contributed by atoms with Crippen molar-refractivity contribution in [2.75, 3.05) is 0 Å². The van der Waals surface area contributed by atoms with Gasteiger partial charge >= 0.3 is 0 Å². The number of benzene rings is 2. The van der Waals surface area contributed by atoms with Gasteiger partial charge < -0.3 is 0 Å². The molecule has 2 aromatic carbocycles. The lowest BCUT2D eigenvalue weighted by atomic mass is 9.92. The van der Waals surface area contributed by atoms with Crippen molar-refractivity contribution in [1.29, 1.82) is 0 Å². The first-order valence-corrected chi connectivity index (χ1v) is 9.13. The number of carbonyl (C=O) groups is 1. The van der Waals surface area contributed by atoms with E-state index in [1.165, 1.54) is 6.07 Å². The van der Waals surface area contributed by atoms with E-state index >= 15 is 0 Å². The van der Waals surface area contributed by atoms with Gasteiger partial charge in [0, 0.05) is 23.6 Å². The molecule has 2 atom stereocenters. The molecule has 1 amide bonds. The SMILES string of the molecule is CC1(C)CC(=O)N2/C(=C/c3ccccc3)C3Cc4cc(F)ccc4C3N21. The number of carbonyl (C=O) groups excluding carboxylic acids is 1. The zero-order chi connectivity index (χ0) is 18.1. The first-order valence-electron chi connectivity index (χ1n) is 9.13. The van der Waals surface area contributed by atoms with Crippen LogP contribution in [0.5, 0.6) is 0 Å². The molecule has 4 heteroatoms. The predicted molar refractivity (Wildman–Crippen MR) is 98.1 cm³/mol. The van der Waals surface area contributed by atoms with E-state index in [9.17, 15) is 9.18 Å². The summed E-state index contributed by atoms with van der Waals surface area (Å²) in [7, 11) is 0. The summed E-state index contributed by atoms with van der Waals surface area (Å²) in [6, 6.07) is 15.3. The third-order valence-electron chi connectivity index (χ3n) is 5.90. The lowest BCUT2D eigenvalue weighted by molar-refractivity contribution is -0.134. The molecule has 2 saturated heterocycles. The molecule has 0 aromatic heterocycles. The highest BCUT2D eigenvalue weighted by Crippen LogP contribution is 2.57. The van der Waals surface area contributed by atoms with Gasteiger partial charge in [0.15, 0.2) is 0 Å². The summed E-state index contributed by atoms with van der Waals surface area (Å²) in [6.45, 7) is 4.24. The third-order valence-corrected chi connectivity index (χ3v) is 5.90. The van der Waals surface area contributed by atoms with E-state index in [0.29, 0.717) is 6.42 Å². The quantitative estimate of drug-likeness (QED) is 0.766. The first-order chi connectivity index (χ1) is 12.5. The molecule has 0 bridgehead atoms. The number of nitrogens with zero attached hydrogens (tertiary/aromatic N) is 2. The molecule has 2 unspecified atom stereocenters. The summed E-state index contributed by atoms with van der Waals surface area (Å²) in [5.41, 5.74) is 4.09. The highest BCUT2D eigenvalue weighted by atomic mass is 19.1.